The number of rotatable bonds is 4. The predicted octanol–water partition coefficient (Wildman–Crippen LogP) is 4.80. The molecule has 3 N–H and O–H groups in total. The van der Waals surface area contributed by atoms with Gasteiger partial charge >= 0.3 is 0 Å². The first-order chi connectivity index (χ1) is 14.0. The van der Waals surface area contributed by atoms with Gasteiger partial charge in [0, 0.05) is 22.5 Å². The van der Waals surface area contributed by atoms with E-state index in [-0.39, 0.29) is 22.5 Å². The van der Waals surface area contributed by atoms with Crippen molar-refractivity contribution in [3.05, 3.63) is 101 Å². The van der Waals surface area contributed by atoms with Gasteiger partial charge in [-0.25, -0.2) is 4.39 Å². The zero-order valence-electron chi connectivity index (χ0n) is 15.0. The Kier molecular flexibility index (Phi) is 4.78. The summed E-state index contributed by atoms with van der Waals surface area (Å²) in [5.74, 6) is -1.31. The minimum Gasteiger partial charge on any atom is -0.396 e. The smallest absolute Gasteiger partial charge is 0.259 e. The summed E-state index contributed by atoms with van der Waals surface area (Å²) in [6, 6.07) is 17.0. The lowest BCUT2D eigenvalue weighted by atomic mass is 10.1. The number of anilines is 2. The van der Waals surface area contributed by atoms with Gasteiger partial charge in [-0.05, 0) is 60.7 Å². The van der Waals surface area contributed by atoms with Crippen molar-refractivity contribution < 1.29 is 14.0 Å². The first-order valence-electron chi connectivity index (χ1n) is 8.71. The standard InChI is InChI=1S/C22H15ClFN3O2/c23-14-6-10-16(11-7-14)26-22(29)18-17-3-1-2-12-27(17)20(19(18)25)21(28)13-4-8-15(24)9-5-13/h1-12H,25H2,(H,26,29). The average molecular weight is 408 g/mol. The van der Waals surface area contributed by atoms with Gasteiger partial charge in [-0.1, -0.05) is 17.7 Å². The molecule has 0 saturated heterocycles. The molecule has 1 amide bonds. The number of hydrogen-bond donors (Lipinski definition) is 2. The van der Waals surface area contributed by atoms with Gasteiger partial charge in [-0.2, -0.15) is 0 Å². The van der Waals surface area contributed by atoms with Crippen LogP contribution >= 0.6 is 11.6 Å². The quantitative estimate of drug-likeness (QED) is 0.477. The van der Waals surface area contributed by atoms with E-state index in [1.54, 1.807) is 53.1 Å². The van der Waals surface area contributed by atoms with E-state index in [1.807, 2.05) is 0 Å². The Labute approximate surface area is 170 Å². The summed E-state index contributed by atoms with van der Waals surface area (Å²) in [5, 5.41) is 3.31. The highest BCUT2D eigenvalue weighted by atomic mass is 35.5. The summed E-state index contributed by atoms with van der Waals surface area (Å²) in [6.45, 7) is 0. The Morgan fingerprint density at radius 1 is 0.966 bits per heavy atom. The van der Waals surface area contributed by atoms with Crippen molar-refractivity contribution >= 4 is 40.2 Å². The number of carbonyl (C=O) groups is 2. The maximum absolute atomic E-state index is 13.2. The molecule has 4 rings (SSSR count). The number of benzene rings is 2. The number of pyridine rings is 1. The van der Waals surface area contributed by atoms with E-state index in [2.05, 4.69) is 5.32 Å². The van der Waals surface area contributed by atoms with Gasteiger partial charge in [0.1, 0.15) is 11.5 Å². The maximum atomic E-state index is 13.2. The molecule has 29 heavy (non-hydrogen) atoms. The topological polar surface area (TPSA) is 76.6 Å². The second-order valence-electron chi connectivity index (χ2n) is 6.39. The van der Waals surface area contributed by atoms with Crippen LogP contribution in [0.25, 0.3) is 5.52 Å². The van der Waals surface area contributed by atoms with Crippen LogP contribution in [0.15, 0.2) is 72.9 Å². The molecule has 7 heteroatoms. The minimum atomic E-state index is -0.452. The van der Waals surface area contributed by atoms with Gasteiger partial charge in [-0.3, -0.25) is 9.59 Å². The van der Waals surface area contributed by atoms with E-state index in [0.29, 0.717) is 16.2 Å². The van der Waals surface area contributed by atoms with Crippen molar-refractivity contribution in [2.75, 3.05) is 11.1 Å². The Morgan fingerprint density at radius 2 is 1.66 bits per heavy atom. The summed E-state index contributed by atoms with van der Waals surface area (Å²) in [6.07, 6.45) is 1.65. The summed E-state index contributed by atoms with van der Waals surface area (Å²) in [7, 11) is 0. The fraction of sp³-hybridized carbons (Fsp3) is 0. The molecule has 144 valence electrons. The molecule has 4 aromatic rings. The predicted molar refractivity (Wildman–Crippen MR) is 111 cm³/mol. The van der Waals surface area contributed by atoms with Crippen LogP contribution in [-0.2, 0) is 0 Å². The summed E-state index contributed by atoms with van der Waals surface area (Å²) in [5.41, 5.74) is 7.95. The summed E-state index contributed by atoms with van der Waals surface area (Å²) in [4.78, 5) is 26.0. The largest absolute Gasteiger partial charge is 0.396 e. The van der Waals surface area contributed by atoms with Crippen LogP contribution in [0.5, 0.6) is 0 Å². The number of nitrogens with one attached hydrogen (secondary N) is 1. The molecule has 0 spiro atoms. The van der Waals surface area contributed by atoms with E-state index in [9.17, 15) is 14.0 Å². The van der Waals surface area contributed by atoms with Crippen LogP contribution in [0.1, 0.15) is 26.4 Å². The van der Waals surface area contributed by atoms with Crippen molar-refractivity contribution in [3.8, 4) is 0 Å². The lowest BCUT2D eigenvalue weighted by Crippen LogP contribution is -2.14. The zero-order chi connectivity index (χ0) is 20.5. The molecular weight excluding hydrogens is 393 g/mol. The number of amides is 1. The lowest BCUT2D eigenvalue weighted by molar-refractivity contribution is 0.102. The van der Waals surface area contributed by atoms with Gasteiger partial charge in [0.05, 0.1) is 16.8 Å². The van der Waals surface area contributed by atoms with Crippen molar-refractivity contribution in [2.24, 2.45) is 0 Å². The molecule has 2 aromatic carbocycles. The highest BCUT2D eigenvalue weighted by molar-refractivity contribution is 6.30. The summed E-state index contributed by atoms with van der Waals surface area (Å²) >= 11 is 5.88. The van der Waals surface area contributed by atoms with E-state index in [0.717, 1.165) is 0 Å². The third kappa shape index (κ3) is 3.46. The number of nitrogen functional groups attached to an aromatic ring is 1. The van der Waals surface area contributed by atoms with Crippen molar-refractivity contribution in [3.63, 3.8) is 0 Å². The molecule has 0 aliphatic rings. The first-order valence-corrected chi connectivity index (χ1v) is 9.09. The molecule has 0 unspecified atom stereocenters. The second kappa shape index (κ2) is 7.41. The van der Waals surface area contributed by atoms with Crippen LogP contribution in [0.2, 0.25) is 5.02 Å². The molecule has 0 aliphatic carbocycles. The van der Waals surface area contributed by atoms with Gasteiger partial charge in [-0.15, -0.1) is 0 Å². The molecule has 2 aromatic heterocycles. The van der Waals surface area contributed by atoms with Gasteiger partial charge in [0.25, 0.3) is 5.91 Å². The molecular formula is C22H15ClFN3O2. The lowest BCUT2D eigenvalue weighted by Gasteiger charge is -2.06. The molecule has 5 nitrogen and oxygen atoms in total. The fourth-order valence-corrected chi connectivity index (χ4v) is 3.29. The zero-order valence-corrected chi connectivity index (χ0v) is 15.8. The Bertz CT molecular complexity index is 1230. The second-order valence-corrected chi connectivity index (χ2v) is 6.83. The molecule has 0 aliphatic heterocycles. The monoisotopic (exact) mass is 407 g/mol. The summed E-state index contributed by atoms with van der Waals surface area (Å²) < 4.78 is 14.8. The highest BCUT2D eigenvalue weighted by Gasteiger charge is 2.26. The SMILES string of the molecule is Nc1c(C(=O)Nc2ccc(Cl)cc2)c2ccccn2c1C(=O)c1ccc(F)cc1. The molecule has 0 radical (unpaired) electrons. The van der Waals surface area contributed by atoms with E-state index in [4.69, 9.17) is 17.3 Å². The number of aromatic nitrogens is 1. The number of fused-ring (bicyclic) bond motifs is 1. The van der Waals surface area contributed by atoms with Gasteiger partial charge in [0.2, 0.25) is 5.78 Å². The third-order valence-corrected chi connectivity index (χ3v) is 4.78. The van der Waals surface area contributed by atoms with Crippen LogP contribution in [0, 0.1) is 5.82 Å². The molecule has 2 heterocycles. The third-order valence-electron chi connectivity index (χ3n) is 4.53. The van der Waals surface area contributed by atoms with Crippen LogP contribution < -0.4 is 11.1 Å². The first kappa shape index (κ1) is 18.7. The molecule has 0 saturated carbocycles. The van der Waals surface area contributed by atoms with Gasteiger partial charge < -0.3 is 15.5 Å². The van der Waals surface area contributed by atoms with Crippen LogP contribution in [-0.4, -0.2) is 16.1 Å². The number of hydrogen-bond acceptors (Lipinski definition) is 3. The average Bonchev–Trinajstić information content (AvgIpc) is 3.01. The van der Waals surface area contributed by atoms with E-state index in [1.165, 1.54) is 24.3 Å². The van der Waals surface area contributed by atoms with Crippen LogP contribution in [0.4, 0.5) is 15.8 Å². The Morgan fingerprint density at radius 3 is 2.34 bits per heavy atom. The molecule has 0 bridgehead atoms. The molecule has 0 fully saturated rings. The fourth-order valence-electron chi connectivity index (χ4n) is 3.16. The van der Waals surface area contributed by atoms with E-state index >= 15 is 0 Å². The maximum Gasteiger partial charge on any atom is 0.259 e. The van der Waals surface area contributed by atoms with Crippen molar-refractivity contribution in [1.82, 2.24) is 4.40 Å². The van der Waals surface area contributed by atoms with Crippen LogP contribution in [0.3, 0.4) is 0 Å². The highest BCUT2D eigenvalue weighted by Crippen LogP contribution is 2.29. The Hall–Kier alpha value is -3.64. The number of nitrogens with two attached hydrogens (primary N) is 1. The molecule has 0 atom stereocenters. The van der Waals surface area contributed by atoms with Crippen molar-refractivity contribution in [1.29, 1.82) is 0 Å². The number of ketones is 1. The van der Waals surface area contributed by atoms with Gasteiger partial charge in [0.15, 0.2) is 0 Å². The Balaban J connectivity index is 1.80. The van der Waals surface area contributed by atoms with E-state index < -0.39 is 17.5 Å². The van der Waals surface area contributed by atoms with Crippen molar-refractivity contribution in [2.45, 2.75) is 0 Å². The number of carbonyl (C=O) groups excluding carboxylic acids is 2. The number of halogens is 2. The number of nitrogens with zero attached hydrogens (tertiary/aromatic N) is 1. The normalized spacial score (nSPS) is 10.8. The minimum absolute atomic E-state index is 0.0528.